The van der Waals surface area contributed by atoms with Gasteiger partial charge in [-0.05, 0) is 60.7 Å². The molecule has 0 aliphatic heterocycles. The second-order valence-corrected chi connectivity index (χ2v) is 8.33. The number of nitrogens with zero attached hydrogens (tertiary/aromatic N) is 2. The van der Waals surface area contributed by atoms with E-state index in [9.17, 15) is 27.9 Å². The van der Waals surface area contributed by atoms with Gasteiger partial charge in [-0.15, -0.1) is 0 Å². The fourth-order valence-corrected chi connectivity index (χ4v) is 4.26. The molecule has 9 heteroatoms. The van der Waals surface area contributed by atoms with Crippen molar-refractivity contribution in [2.45, 2.75) is 31.5 Å². The van der Waals surface area contributed by atoms with Crippen LogP contribution in [0, 0.1) is 0 Å². The average molecular weight is 467 g/mol. The molecular weight excluding hydrogens is 447 g/mol. The highest BCUT2D eigenvalue weighted by Crippen LogP contribution is 2.45. The highest BCUT2D eigenvalue weighted by atomic mass is 19.4. The number of para-hydroxylation sites is 2. The third kappa shape index (κ3) is 4.05. The van der Waals surface area contributed by atoms with Gasteiger partial charge in [-0.2, -0.15) is 13.2 Å². The van der Waals surface area contributed by atoms with Gasteiger partial charge in [-0.3, -0.25) is 9.13 Å². The van der Waals surface area contributed by atoms with Crippen LogP contribution in [0.5, 0.6) is 0 Å². The molecule has 0 saturated heterocycles. The number of nitrogens with one attached hydrogen (secondary N) is 1. The van der Waals surface area contributed by atoms with Crippen LogP contribution in [0.25, 0.3) is 16.7 Å². The van der Waals surface area contributed by atoms with E-state index in [1.807, 2.05) is 6.07 Å². The third-order valence-electron chi connectivity index (χ3n) is 5.89. The molecule has 1 saturated carbocycles. The molecule has 3 aromatic carbocycles. The van der Waals surface area contributed by atoms with Crippen LogP contribution in [0.1, 0.15) is 34.7 Å². The van der Waals surface area contributed by atoms with Crippen molar-refractivity contribution in [2.24, 2.45) is 0 Å². The van der Waals surface area contributed by atoms with Crippen molar-refractivity contribution in [3.8, 4) is 5.69 Å². The Morgan fingerprint density at radius 2 is 1.74 bits per heavy atom. The maximum Gasteiger partial charge on any atom is 0.406 e. The van der Waals surface area contributed by atoms with Gasteiger partial charge in [0, 0.05) is 5.69 Å². The van der Waals surface area contributed by atoms with E-state index in [1.165, 1.54) is 16.7 Å². The van der Waals surface area contributed by atoms with Gasteiger partial charge in [0.05, 0.1) is 28.0 Å². The minimum atomic E-state index is -4.60. The number of rotatable bonds is 6. The number of hydrogen-bond donors (Lipinski definition) is 2. The number of fused-ring (bicyclic) bond motifs is 1. The van der Waals surface area contributed by atoms with Crippen molar-refractivity contribution in [1.29, 1.82) is 0 Å². The van der Waals surface area contributed by atoms with Crippen LogP contribution in [0.3, 0.4) is 0 Å². The number of benzene rings is 3. The maximum absolute atomic E-state index is 13.3. The number of carboxylic acids is 1. The molecule has 174 valence electrons. The van der Waals surface area contributed by atoms with Gasteiger partial charge in [0.2, 0.25) is 0 Å². The Morgan fingerprint density at radius 3 is 2.38 bits per heavy atom. The van der Waals surface area contributed by atoms with E-state index < -0.39 is 24.4 Å². The molecule has 6 nitrogen and oxygen atoms in total. The average Bonchev–Trinajstić information content (AvgIpc) is 3.60. The van der Waals surface area contributed by atoms with Crippen LogP contribution in [-0.2, 0) is 6.54 Å². The van der Waals surface area contributed by atoms with Crippen LogP contribution in [0.4, 0.5) is 24.5 Å². The minimum Gasteiger partial charge on any atom is -0.478 e. The van der Waals surface area contributed by atoms with Gasteiger partial charge in [-0.1, -0.05) is 30.3 Å². The standard InChI is InChI=1S/C25H20F3N3O3/c26-25(27,28)14-30-21-13-16(11-12-20(21)31(24(30)34)17-5-2-1-3-6-17)29-22-18(15-9-10-15)7-4-8-19(22)23(32)33/h1-8,11-13,15,29H,9-10,14H2,(H,32,33). The lowest BCUT2D eigenvalue weighted by atomic mass is 10.0. The summed E-state index contributed by atoms with van der Waals surface area (Å²) < 4.78 is 42.0. The summed E-state index contributed by atoms with van der Waals surface area (Å²) in [5.41, 5.74) is 1.81. The highest BCUT2D eigenvalue weighted by molar-refractivity contribution is 5.97. The number of carbonyl (C=O) groups is 1. The number of anilines is 2. The number of aromatic nitrogens is 2. The quantitative estimate of drug-likeness (QED) is 0.383. The van der Waals surface area contributed by atoms with Gasteiger partial charge in [-0.25, -0.2) is 9.59 Å². The van der Waals surface area contributed by atoms with Crippen LogP contribution in [0.15, 0.2) is 71.5 Å². The van der Waals surface area contributed by atoms with E-state index >= 15 is 0 Å². The van der Waals surface area contributed by atoms with Gasteiger partial charge in [0.1, 0.15) is 6.54 Å². The summed E-state index contributed by atoms with van der Waals surface area (Å²) in [6.45, 7) is -1.44. The smallest absolute Gasteiger partial charge is 0.406 e. The molecular formula is C25H20F3N3O3. The molecule has 0 spiro atoms. The van der Waals surface area contributed by atoms with E-state index in [1.54, 1.807) is 48.5 Å². The molecule has 1 heterocycles. The first-order valence-corrected chi connectivity index (χ1v) is 10.7. The van der Waals surface area contributed by atoms with Crippen molar-refractivity contribution in [3.63, 3.8) is 0 Å². The molecule has 0 unspecified atom stereocenters. The summed E-state index contributed by atoms with van der Waals surface area (Å²) in [6, 6.07) is 18.1. The number of alkyl halides is 3. The molecule has 1 fully saturated rings. The first-order chi connectivity index (χ1) is 16.2. The summed E-state index contributed by atoms with van der Waals surface area (Å²) in [5, 5.41) is 12.8. The zero-order valence-electron chi connectivity index (χ0n) is 17.8. The summed E-state index contributed by atoms with van der Waals surface area (Å²) in [5.74, 6) is -0.858. The van der Waals surface area contributed by atoms with Crippen LogP contribution in [-0.4, -0.2) is 26.4 Å². The first kappa shape index (κ1) is 21.8. The van der Waals surface area contributed by atoms with Crippen LogP contribution < -0.4 is 11.0 Å². The molecule has 4 aromatic rings. The Labute approximate surface area is 191 Å². The van der Waals surface area contributed by atoms with Crippen molar-refractivity contribution in [2.75, 3.05) is 5.32 Å². The largest absolute Gasteiger partial charge is 0.478 e. The molecule has 1 aromatic heterocycles. The zero-order valence-corrected chi connectivity index (χ0v) is 17.8. The number of aromatic carboxylic acids is 1. The Kier molecular flexibility index (Phi) is 5.19. The lowest BCUT2D eigenvalue weighted by Crippen LogP contribution is -2.29. The van der Waals surface area contributed by atoms with Gasteiger partial charge in [0.15, 0.2) is 0 Å². The maximum atomic E-state index is 13.3. The molecule has 0 radical (unpaired) electrons. The Hall–Kier alpha value is -4.01. The monoisotopic (exact) mass is 467 g/mol. The number of imidazole rings is 1. The van der Waals surface area contributed by atoms with E-state index in [4.69, 9.17) is 0 Å². The highest BCUT2D eigenvalue weighted by Gasteiger charge is 2.31. The lowest BCUT2D eigenvalue weighted by Gasteiger charge is -2.15. The fourth-order valence-electron chi connectivity index (χ4n) is 4.26. The van der Waals surface area contributed by atoms with Crippen molar-refractivity contribution >= 4 is 28.4 Å². The zero-order chi connectivity index (χ0) is 24.0. The molecule has 34 heavy (non-hydrogen) atoms. The summed E-state index contributed by atoms with van der Waals surface area (Å²) in [6.07, 6.45) is -2.71. The predicted molar refractivity (Wildman–Crippen MR) is 122 cm³/mol. The molecule has 1 aliphatic rings. The SMILES string of the molecule is O=C(O)c1cccc(C2CC2)c1Nc1ccc2c(c1)n(CC(F)(F)F)c(=O)n2-c1ccccc1. The topological polar surface area (TPSA) is 76.3 Å². The van der Waals surface area contributed by atoms with E-state index in [0.717, 1.165) is 18.4 Å². The molecule has 2 N–H and O–H groups in total. The Balaban J connectivity index is 1.67. The number of hydrogen-bond acceptors (Lipinski definition) is 3. The fraction of sp³-hybridized carbons (Fsp3) is 0.200. The third-order valence-corrected chi connectivity index (χ3v) is 5.89. The van der Waals surface area contributed by atoms with Gasteiger partial charge in [0.25, 0.3) is 0 Å². The molecule has 0 bridgehead atoms. The number of carboxylic acid groups (broad SMARTS) is 1. The van der Waals surface area contributed by atoms with Crippen LogP contribution >= 0.6 is 0 Å². The summed E-state index contributed by atoms with van der Waals surface area (Å²) >= 11 is 0. The van der Waals surface area contributed by atoms with Crippen molar-refractivity contribution < 1.29 is 23.1 Å². The molecule has 5 rings (SSSR count). The Morgan fingerprint density at radius 1 is 1.00 bits per heavy atom. The van der Waals surface area contributed by atoms with Crippen molar-refractivity contribution in [1.82, 2.24) is 9.13 Å². The molecule has 0 atom stereocenters. The van der Waals surface area contributed by atoms with Gasteiger partial charge >= 0.3 is 17.8 Å². The minimum absolute atomic E-state index is 0.0824. The predicted octanol–water partition coefficient (Wildman–Crippen LogP) is 5.67. The van der Waals surface area contributed by atoms with E-state index in [-0.39, 0.29) is 17.0 Å². The lowest BCUT2D eigenvalue weighted by molar-refractivity contribution is -0.140. The Bertz CT molecular complexity index is 1450. The van der Waals surface area contributed by atoms with E-state index in [2.05, 4.69) is 5.32 Å². The van der Waals surface area contributed by atoms with E-state index in [0.29, 0.717) is 27.1 Å². The summed E-state index contributed by atoms with van der Waals surface area (Å²) in [7, 11) is 0. The summed E-state index contributed by atoms with van der Waals surface area (Å²) in [4.78, 5) is 24.9. The molecule has 0 amide bonds. The van der Waals surface area contributed by atoms with Crippen LogP contribution in [0.2, 0.25) is 0 Å². The van der Waals surface area contributed by atoms with Gasteiger partial charge < -0.3 is 10.4 Å². The molecule has 1 aliphatic carbocycles. The van der Waals surface area contributed by atoms with Crippen molar-refractivity contribution in [3.05, 3.63) is 88.3 Å². The normalized spacial score (nSPS) is 13.9. The second-order valence-electron chi connectivity index (χ2n) is 8.33. The number of halogens is 3. The first-order valence-electron chi connectivity index (χ1n) is 10.7. The second kappa shape index (κ2) is 8.09.